The van der Waals surface area contributed by atoms with Crippen LogP contribution in [0, 0.1) is 0 Å². The predicted molar refractivity (Wildman–Crippen MR) is 94.1 cm³/mol. The van der Waals surface area contributed by atoms with Crippen LogP contribution in [-0.4, -0.2) is 40.9 Å². The Morgan fingerprint density at radius 2 is 2.13 bits per heavy atom. The first-order valence-corrected chi connectivity index (χ1v) is 8.28. The van der Waals surface area contributed by atoms with E-state index in [0.29, 0.717) is 21.6 Å². The van der Waals surface area contributed by atoms with Crippen molar-refractivity contribution in [2.75, 3.05) is 13.7 Å². The number of para-hydroxylation sites is 1. The quantitative estimate of drug-likeness (QED) is 0.462. The fourth-order valence-electron chi connectivity index (χ4n) is 2.12. The Hall–Kier alpha value is -1.86. The Labute approximate surface area is 144 Å². The number of rotatable bonds is 5. The van der Waals surface area contributed by atoms with E-state index in [9.17, 15) is 9.59 Å². The van der Waals surface area contributed by atoms with Crippen molar-refractivity contribution in [2.24, 2.45) is 0 Å². The van der Waals surface area contributed by atoms with Crippen LogP contribution in [0.4, 0.5) is 0 Å². The van der Waals surface area contributed by atoms with Crippen molar-refractivity contribution in [2.45, 2.75) is 19.9 Å². The van der Waals surface area contributed by atoms with Crippen molar-refractivity contribution >= 4 is 46.3 Å². The number of hydrogen-bond acceptors (Lipinski definition) is 6. The highest BCUT2D eigenvalue weighted by Gasteiger charge is 2.38. The van der Waals surface area contributed by atoms with Crippen LogP contribution in [0.2, 0.25) is 0 Å². The van der Waals surface area contributed by atoms with Gasteiger partial charge in [0.15, 0.2) is 0 Å². The zero-order chi connectivity index (χ0) is 17.0. The van der Waals surface area contributed by atoms with Crippen molar-refractivity contribution in [3.63, 3.8) is 0 Å². The van der Waals surface area contributed by atoms with E-state index in [0.717, 1.165) is 5.56 Å². The van der Waals surface area contributed by atoms with E-state index in [-0.39, 0.29) is 5.91 Å². The number of nitrogens with zero attached hydrogens (tertiary/aromatic N) is 1. The molecule has 1 amide bonds. The van der Waals surface area contributed by atoms with Crippen molar-refractivity contribution < 1.29 is 19.1 Å². The van der Waals surface area contributed by atoms with Crippen LogP contribution < -0.4 is 4.74 Å². The minimum Gasteiger partial charge on any atom is -0.493 e. The summed E-state index contributed by atoms with van der Waals surface area (Å²) >= 11 is 6.39. The molecule has 5 nitrogen and oxygen atoms in total. The molecule has 1 saturated heterocycles. The Kier molecular flexibility index (Phi) is 5.79. The zero-order valence-corrected chi connectivity index (χ0v) is 14.7. The molecule has 0 spiro atoms. The molecule has 23 heavy (non-hydrogen) atoms. The number of carbonyl (C=O) groups excluding carboxylic acids is 2. The summed E-state index contributed by atoms with van der Waals surface area (Å²) in [7, 11) is 1.28. The molecular weight excluding hydrogens is 334 g/mol. The average Bonchev–Trinajstić information content (AvgIpc) is 2.82. The van der Waals surface area contributed by atoms with Gasteiger partial charge < -0.3 is 9.47 Å². The molecule has 1 heterocycles. The van der Waals surface area contributed by atoms with E-state index < -0.39 is 12.0 Å². The SMILES string of the molecule is CCOc1ccccc1/C=C1\SC(=S)N(C(C)C(=O)OC)C1=O. The fraction of sp³-hybridized carbons (Fsp3) is 0.312. The topological polar surface area (TPSA) is 55.8 Å². The van der Waals surface area contributed by atoms with E-state index in [2.05, 4.69) is 4.74 Å². The van der Waals surface area contributed by atoms with Gasteiger partial charge in [-0.15, -0.1) is 0 Å². The summed E-state index contributed by atoms with van der Waals surface area (Å²) in [6, 6.07) is 6.69. The number of thiocarbonyl (C=S) groups is 1. The number of thioether (sulfide) groups is 1. The molecule has 1 aliphatic rings. The van der Waals surface area contributed by atoms with Gasteiger partial charge in [-0.25, -0.2) is 4.79 Å². The third kappa shape index (κ3) is 3.73. The molecule has 7 heteroatoms. The number of esters is 1. The maximum Gasteiger partial charge on any atom is 0.328 e. The van der Waals surface area contributed by atoms with E-state index in [1.807, 2.05) is 31.2 Å². The molecular formula is C16H17NO4S2. The Balaban J connectivity index is 2.31. The molecule has 1 atom stereocenters. The molecule has 1 unspecified atom stereocenters. The lowest BCUT2D eigenvalue weighted by Gasteiger charge is -2.20. The molecule has 122 valence electrons. The Morgan fingerprint density at radius 1 is 1.43 bits per heavy atom. The highest BCUT2D eigenvalue weighted by atomic mass is 32.2. The lowest BCUT2D eigenvalue weighted by molar-refractivity contribution is -0.147. The average molecular weight is 351 g/mol. The normalized spacial score (nSPS) is 17.5. The number of carbonyl (C=O) groups is 2. The Morgan fingerprint density at radius 3 is 2.78 bits per heavy atom. The minimum absolute atomic E-state index is 0.302. The van der Waals surface area contributed by atoms with Crippen LogP contribution >= 0.6 is 24.0 Å². The van der Waals surface area contributed by atoms with E-state index >= 15 is 0 Å². The van der Waals surface area contributed by atoms with Crippen molar-refractivity contribution in [1.82, 2.24) is 4.90 Å². The number of ether oxygens (including phenoxy) is 2. The summed E-state index contributed by atoms with van der Waals surface area (Å²) in [4.78, 5) is 26.0. The third-order valence-corrected chi connectivity index (χ3v) is 4.59. The first-order chi connectivity index (χ1) is 11.0. The fourth-order valence-corrected chi connectivity index (χ4v) is 3.53. The summed E-state index contributed by atoms with van der Waals surface area (Å²) < 4.78 is 10.6. The molecule has 1 aromatic rings. The van der Waals surface area contributed by atoms with Gasteiger partial charge in [-0.1, -0.05) is 42.2 Å². The molecule has 0 radical (unpaired) electrons. The summed E-state index contributed by atoms with van der Waals surface area (Å²) in [6.07, 6.45) is 1.73. The lowest BCUT2D eigenvalue weighted by Crippen LogP contribution is -2.42. The lowest BCUT2D eigenvalue weighted by atomic mass is 10.2. The monoisotopic (exact) mass is 351 g/mol. The molecule has 0 aliphatic carbocycles. The molecule has 1 fully saturated rings. The molecule has 2 rings (SSSR count). The van der Waals surface area contributed by atoms with Crippen LogP contribution in [-0.2, 0) is 14.3 Å². The van der Waals surface area contributed by atoms with Crippen molar-refractivity contribution in [1.29, 1.82) is 0 Å². The van der Waals surface area contributed by atoms with E-state index in [1.54, 1.807) is 13.0 Å². The largest absolute Gasteiger partial charge is 0.493 e. The van der Waals surface area contributed by atoms with Crippen LogP contribution in [0.25, 0.3) is 6.08 Å². The van der Waals surface area contributed by atoms with Crippen molar-refractivity contribution in [3.8, 4) is 5.75 Å². The second-order valence-electron chi connectivity index (χ2n) is 4.72. The predicted octanol–water partition coefficient (Wildman–Crippen LogP) is 2.85. The van der Waals surface area contributed by atoms with Gasteiger partial charge in [0.2, 0.25) is 0 Å². The van der Waals surface area contributed by atoms with E-state index in [4.69, 9.17) is 17.0 Å². The van der Waals surface area contributed by atoms with Gasteiger partial charge in [0.05, 0.1) is 18.6 Å². The number of benzene rings is 1. The van der Waals surface area contributed by atoms with Crippen LogP contribution in [0.5, 0.6) is 5.75 Å². The van der Waals surface area contributed by atoms with Crippen LogP contribution in [0.15, 0.2) is 29.2 Å². The summed E-state index contributed by atoms with van der Waals surface area (Å²) in [6.45, 7) is 4.02. The standard InChI is InChI=1S/C16H17NO4S2/c1-4-21-12-8-6-5-7-11(12)9-13-14(18)17(16(22)23-13)10(2)15(19)20-3/h5-10H,4H2,1-3H3/b13-9-. The number of hydrogen-bond donors (Lipinski definition) is 0. The molecule has 0 aromatic heterocycles. The second-order valence-corrected chi connectivity index (χ2v) is 6.40. The second kappa shape index (κ2) is 7.61. The number of amides is 1. The summed E-state index contributed by atoms with van der Waals surface area (Å²) in [5.41, 5.74) is 0.792. The van der Waals surface area contributed by atoms with Gasteiger partial charge in [-0.05, 0) is 26.0 Å². The number of methoxy groups -OCH3 is 1. The first kappa shape index (κ1) is 17.5. The molecule has 1 aromatic carbocycles. The van der Waals surface area contributed by atoms with Gasteiger partial charge >= 0.3 is 5.97 Å². The van der Waals surface area contributed by atoms with Crippen LogP contribution in [0.3, 0.4) is 0 Å². The van der Waals surface area contributed by atoms with Gasteiger partial charge in [0, 0.05) is 5.56 Å². The zero-order valence-electron chi connectivity index (χ0n) is 13.1. The third-order valence-electron chi connectivity index (χ3n) is 3.26. The van der Waals surface area contributed by atoms with Gasteiger partial charge in [-0.2, -0.15) is 0 Å². The molecule has 0 N–H and O–H groups in total. The first-order valence-electron chi connectivity index (χ1n) is 7.06. The van der Waals surface area contributed by atoms with E-state index in [1.165, 1.54) is 23.8 Å². The van der Waals surface area contributed by atoms with Gasteiger partial charge in [0.1, 0.15) is 16.1 Å². The van der Waals surface area contributed by atoms with Gasteiger partial charge in [0.25, 0.3) is 5.91 Å². The highest BCUT2D eigenvalue weighted by Crippen LogP contribution is 2.35. The van der Waals surface area contributed by atoms with Crippen LogP contribution in [0.1, 0.15) is 19.4 Å². The maximum atomic E-state index is 12.6. The smallest absolute Gasteiger partial charge is 0.328 e. The Bertz CT molecular complexity index is 672. The molecule has 0 bridgehead atoms. The maximum absolute atomic E-state index is 12.6. The molecule has 1 aliphatic heterocycles. The minimum atomic E-state index is -0.750. The van der Waals surface area contributed by atoms with Crippen molar-refractivity contribution in [3.05, 3.63) is 34.7 Å². The molecule has 0 saturated carbocycles. The summed E-state index contributed by atoms with van der Waals surface area (Å²) in [5.74, 6) is -0.109. The summed E-state index contributed by atoms with van der Waals surface area (Å²) in [5, 5.41) is 0. The highest BCUT2D eigenvalue weighted by molar-refractivity contribution is 8.26. The van der Waals surface area contributed by atoms with Gasteiger partial charge in [-0.3, -0.25) is 9.69 Å².